The highest BCUT2D eigenvalue weighted by Crippen LogP contribution is 2.06. The van der Waals surface area contributed by atoms with Crippen LogP contribution in [0, 0.1) is 0 Å². The molecule has 0 unspecified atom stereocenters. The van der Waals surface area contributed by atoms with E-state index in [2.05, 4.69) is 4.39 Å². The summed E-state index contributed by atoms with van der Waals surface area (Å²) in [5, 5.41) is 7.12. The zero-order valence-corrected chi connectivity index (χ0v) is 8.74. The molecule has 0 saturated heterocycles. The molecule has 9 heteroatoms. The molecule has 1 N–H and O–H groups in total. The van der Waals surface area contributed by atoms with Crippen molar-refractivity contribution in [2.24, 2.45) is 0 Å². The summed E-state index contributed by atoms with van der Waals surface area (Å²) in [6.07, 6.45) is -2.98. The van der Waals surface area contributed by atoms with Gasteiger partial charge in [-0.2, -0.15) is 17.2 Å². The van der Waals surface area contributed by atoms with E-state index in [0.29, 0.717) is 12.8 Å². The van der Waals surface area contributed by atoms with Crippen molar-refractivity contribution < 1.29 is 35.6 Å². The first kappa shape index (κ1) is 17.0. The van der Waals surface area contributed by atoms with Gasteiger partial charge in [-0.1, -0.05) is 17.7 Å². The van der Waals surface area contributed by atoms with Crippen LogP contribution in [0.5, 0.6) is 0 Å². The van der Waals surface area contributed by atoms with Crippen LogP contribution >= 0.6 is 0 Å². The Morgan fingerprint density at radius 3 is 2.00 bits per heavy atom. The Hall–Kier alpha value is -0.410. The molecule has 15 heavy (non-hydrogen) atoms. The molecule has 4 nitrogen and oxygen atoms in total. The summed E-state index contributed by atoms with van der Waals surface area (Å²) in [4.78, 5) is 0. The highest BCUT2D eigenvalue weighted by atomic mass is 32.2. The molecule has 0 radical (unpaired) electrons. The molecule has 0 spiro atoms. The van der Waals surface area contributed by atoms with E-state index in [1.807, 2.05) is 6.92 Å². The summed E-state index contributed by atoms with van der Waals surface area (Å²) >= 11 is 0. The molecule has 0 saturated carbocycles. The highest BCUT2D eigenvalue weighted by Gasteiger charge is 2.22. The minimum Gasteiger partial charge on any atom is -0.334 e. The summed E-state index contributed by atoms with van der Waals surface area (Å²) in [6, 6.07) is 0. The maximum atomic E-state index is 11.0. The molecule has 0 aliphatic carbocycles. The minimum absolute atomic E-state index is 0.236. The van der Waals surface area contributed by atoms with E-state index in [4.69, 9.17) is 5.11 Å². The second-order valence-corrected chi connectivity index (χ2v) is 4.13. The number of hydrogen-bond donors (Lipinski definition) is 1. The molecule has 0 aliphatic heterocycles. The number of alkyl halides is 3. The van der Waals surface area contributed by atoms with Crippen LogP contribution in [0.25, 0.3) is 0 Å². The second kappa shape index (κ2) is 7.83. The molecule has 0 aromatic heterocycles. The van der Waals surface area contributed by atoms with Crippen LogP contribution in [-0.2, 0) is 14.5 Å². The summed E-state index contributed by atoms with van der Waals surface area (Å²) < 4.78 is 65.8. The first-order valence-electron chi connectivity index (χ1n) is 3.87. The van der Waals surface area contributed by atoms with Gasteiger partial charge in [-0.05, 0) is 10.9 Å². The molecule has 0 heterocycles. The Morgan fingerprint density at radius 2 is 1.80 bits per heavy atom. The molecule has 94 valence electrons. The van der Waals surface area contributed by atoms with Gasteiger partial charge in [0.05, 0.1) is 5.75 Å². The molecule has 0 rings (SSSR count). The molecular formula is C6H12F4O4S. The number of halogens is 4. The van der Waals surface area contributed by atoms with Crippen molar-refractivity contribution in [3.63, 3.8) is 0 Å². The van der Waals surface area contributed by atoms with Crippen molar-refractivity contribution in [2.45, 2.75) is 25.9 Å². The topological polar surface area (TPSA) is 63.6 Å². The van der Waals surface area contributed by atoms with Crippen LogP contribution in [0.4, 0.5) is 17.7 Å². The lowest BCUT2D eigenvalue weighted by Crippen LogP contribution is -2.15. The van der Waals surface area contributed by atoms with Gasteiger partial charge in [0.1, 0.15) is 0 Å². The largest absolute Gasteiger partial charge is 0.381 e. The lowest BCUT2D eigenvalue weighted by atomic mass is 10.4. The fourth-order valence-corrected chi connectivity index (χ4v) is 1.06. The van der Waals surface area contributed by atoms with Gasteiger partial charge in [0.15, 0.2) is 6.67 Å². The maximum absolute atomic E-state index is 11.0. The third-order valence-electron chi connectivity index (χ3n) is 1.00. The predicted molar refractivity (Wildman–Crippen MR) is 44.0 cm³/mol. The van der Waals surface area contributed by atoms with E-state index < -0.39 is 22.9 Å². The van der Waals surface area contributed by atoms with Crippen molar-refractivity contribution >= 4 is 10.1 Å². The van der Waals surface area contributed by atoms with Gasteiger partial charge in [-0.3, -0.25) is 0 Å². The number of rotatable bonds is 5. The van der Waals surface area contributed by atoms with Gasteiger partial charge in [-0.25, -0.2) is 4.39 Å². The Kier molecular flexibility index (Phi) is 8.87. The molecule has 0 fully saturated rings. The van der Waals surface area contributed by atoms with Crippen LogP contribution < -0.4 is 0 Å². The minimum atomic E-state index is -4.12. The normalized spacial score (nSPS) is 11.9. The third-order valence-corrected chi connectivity index (χ3v) is 1.99. The summed E-state index contributed by atoms with van der Waals surface area (Å²) in [5.74, 6) is -0.236. The summed E-state index contributed by atoms with van der Waals surface area (Å²) in [5.41, 5.74) is 0. The molecule has 0 aliphatic rings. The Labute approximate surface area is 84.9 Å². The van der Waals surface area contributed by atoms with E-state index in [0.717, 1.165) is 0 Å². The van der Waals surface area contributed by atoms with Crippen LogP contribution in [-0.4, -0.2) is 32.1 Å². The predicted octanol–water partition coefficient (Wildman–Crippen LogP) is 1.56. The average molecular weight is 256 g/mol. The summed E-state index contributed by atoms with van der Waals surface area (Å²) in [7, 11) is -3.85. The lowest BCUT2D eigenvalue weighted by Gasteiger charge is -1.97. The SMILES string of the molecule is CCCCS(=O)(=O)OF.OC(F)(F)CF. The van der Waals surface area contributed by atoms with Crippen LogP contribution in [0.3, 0.4) is 0 Å². The Balaban J connectivity index is 0. The van der Waals surface area contributed by atoms with Crippen molar-refractivity contribution in [1.82, 2.24) is 0 Å². The number of aliphatic hydroxyl groups is 1. The second-order valence-electron chi connectivity index (χ2n) is 2.48. The Morgan fingerprint density at radius 1 is 1.40 bits per heavy atom. The number of unbranched alkanes of at least 4 members (excludes halogenated alkanes) is 1. The fraction of sp³-hybridized carbons (Fsp3) is 1.00. The molecule has 0 aromatic carbocycles. The van der Waals surface area contributed by atoms with Gasteiger partial charge < -0.3 is 5.11 Å². The smallest absolute Gasteiger partial charge is 0.334 e. The van der Waals surface area contributed by atoms with E-state index in [9.17, 15) is 26.1 Å². The molecular weight excluding hydrogens is 244 g/mol. The zero-order chi connectivity index (χ0) is 12.5. The lowest BCUT2D eigenvalue weighted by molar-refractivity contribution is -0.208. The third kappa shape index (κ3) is 16.3. The van der Waals surface area contributed by atoms with Crippen molar-refractivity contribution in [3.05, 3.63) is 0 Å². The van der Waals surface area contributed by atoms with Crippen LogP contribution in [0.15, 0.2) is 0 Å². The highest BCUT2D eigenvalue weighted by molar-refractivity contribution is 7.86. The van der Waals surface area contributed by atoms with Gasteiger partial charge in [0.2, 0.25) is 0 Å². The van der Waals surface area contributed by atoms with Gasteiger partial charge >= 0.3 is 6.11 Å². The molecule has 0 atom stereocenters. The first-order valence-corrected chi connectivity index (χ1v) is 5.45. The molecule has 0 bridgehead atoms. The van der Waals surface area contributed by atoms with Gasteiger partial charge in [-0.15, -0.1) is 0 Å². The van der Waals surface area contributed by atoms with E-state index in [1.54, 1.807) is 0 Å². The monoisotopic (exact) mass is 256 g/mol. The van der Waals surface area contributed by atoms with Gasteiger partial charge in [0, 0.05) is 0 Å². The van der Waals surface area contributed by atoms with E-state index in [1.165, 1.54) is 0 Å². The molecule has 0 amide bonds. The molecule has 0 aromatic rings. The quantitative estimate of drug-likeness (QED) is 0.758. The van der Waals surface area contributed by atoms with Gasteiger partial charge in [0.25, 0.3) is 10.1 Å². The van der Waals surface area contributed by atoms with Crippen molar-refractivity contribution in [3.8, 4) is 0 Å². The average Bonchev–Trinajstić information content (AvgIpc) is 2.15. The standard InChI is InChI=1S/C4H9FO3S.C2H3F3O/c1-2-3-4-9(6,7)8-5;3-1-2(4,5)6/h2-4H2,1H3;6H,1H2. The van der Waals surface area contributed by atoms with Crippen molar-refractivity contribution in [2.75, 3.05) is 12.4 Å². The summed E-state index contributed by atoms with van der Waals surface area (Å²) in [6.45, 7) is -0.194. The first-order chi connectivity index (χ1) is 6.68. The maximum Gasteiger partial charge on any atom is 0.381 e. The zero-order valence-electron chi connectivity index (χ0n) is 7.92. The number of hydrogen-bond acceptors (Lipinski definition) is 4. The fourth-order valence-electron chi connectivity index (χ4n) is 0.353. The van der Waals surface area contributed by atoms with Crippen LogP contribution in [0.1, 0.15) is 19.8 Å². The van der Waals surface area contributed by atoms with Crippen LogP contribution in [0.2, 0.25) is 0 Å². The van der Waals surface area contributed by atoms with E-state index in [-0.39, 0.29) is 5.75 Å². The Bertz CT molecular complexity index is 236. The van der Waals surface area contributed by atoms with Crippen molar-refractivity contribution in [1.29, 1.82) is 0 Å². The van der Waals surface area contributed by atoms with E-state index >= 15 is 0 Å².